The van der Waals surface area contributed by atoms with Crippen molar-refractivity contribution >= 4 is 34.9 Å². The maximum Gasteiger partial charge on any atom is 0.319 e. The molecule has 8 nitrogen and oxygen atoms in total. The summed E-state index contributed by atoms with van der Waals surface area (Å²) in [5.74, 6) is -0.305. The second-order valence-electron chi connectivity index (χ2n) is 6.84. The molecule has 2 aromatic rings. The Bertz CT molecular complexity index is 824. The molecule has 0 unspecified atom stereocenters. The van der Waals surface area contributed by atoms with E-state index in [0.717, 1.165) is 5.69 Å². The first-order valence-corrected chi connectivity index (χ1v) is 9.77. The fraction of sp³-hybridized carbons (Fsp3) is 0.350. The van der Waals surface area contributed by atoms with Crippen LogP contribution in [0.5, 0.6) is 0 Å². The predicted octanol–water partition coefficient (Wildman–Crippen LogP) is 1.95. The third-order valence-electron chi connectivity index (χ3n) is 4.76. The summed E-state index contributed by atoms with van der Waals surface area (Å²) >= 11 is 5.83. The van der Waals surface area contributed by atoms with Crippen LogP contribution in [0.1, 0.15) is 6.92 Å². The van der Waals surface area contributed by atoms with Crippen molar-refractivity contribution in [3.8, 4) is 0 Å². The van der Waals surface area contributed by atoms with E-state index in [9.17, 15) is 14.7 Å². The molecule has 1 aliphatic rings. The smallest absolute Gasteiger partial charge is 0.319 e. The molecule has 0 aliphatic carbocycles. The van der Waals surface area contributed by atoms with Gasteiger partial charge in [0.25, 0.3) is 0 Å². The second kappa shape index (κ2) is 9.58. The van der Waals surface area contributed by atoms with E-state index >= 15 is 0 Å². The number of anilines is 2. The van der Waals surface area contributed by atoms with Gasteiger partial charge in [-0.05, 0) is 43.3 Å². The average Bonchev–Trinajstić information content (AvgIpc) is 2.74. The van der Waals surface area contributed by atoms with Crippen molar-refractivity contribution in [1.29, 1.82) is 0 Å². The molecule has 1 aromatic heterocycles. The molecule has 1 saturated heterocycles. The van der Waals surface area contributed by atoms with Crippen LogP contribution < -0.4 is 15.5 Å². The zero-order valence-corrected chi connectivity index (χ0v) is 16.8. The van der Waals surface area contributed by atoms with E-state index in [-0.39, 0.29) is 5.91 Å². The first kappa shape index (κ1) is 20.9. The van der Waals surface area contributed by atoms with Gasteiger partial charge in [0, 0.05) is 55.0 Å². The summed E-state index contributed by atoms with van der Waals surface area (Å²) in [6, 6.07) is 8.86. The highest BCUT2D eigenvalue weighted by Gasteiger charge is 2.31. The Hall–Kier alpha value is -2.84. The topological polar surface area (TPSA) is 97.8 Å². The maximum absolute atomic E-state index is 12.9. The van der Waals surface area contributed by atoms with Crippen molar-refractivity contribution in [3.05, 3.63) is 53.8 Å². The van der Waals surface area contributed by atoms with Crippen molar-refractivity contribution < 1.29 is 14.7 Å². The first-order valence-electron chi connectivity index (χ1n) is 9.39. The number of urea groups is 1. The summed E-state index contributed by atoms with van der Waals surface area (Å²) in [4.78, 5) is 33.0. The van der Waals surface area contributed by atoms with E-state index in [0.29, 0.717) is 36.9 Å². The minimum Gasteiger partial charge on any atom is -0.391 e. The molecule has 1 aromatic carbocycles. The third kappa shape index (κ3) is 5.58. The average molecular weight is 418 g/mol. The largest absolute Gasteiger partial charge is 0.391 e. The normalized spacial score (nSPS) is 16.1. The van der Waals surface area contributed by atoms with Gasteiger partial charge in [0.15, 0.2) is 0 Å². The van der Waals surface area contributed by atoms with Crippen LogP contribution in [0.2, 0.25) is 5.02 Å². The molecule has 0 radical (unpaired) electrons. The number of amides is 3. The monoisotopic (exact) mass is 417 g/mol. The van der Waals surface area contributed by atoms with E-state index in [1.807, 2.05) is 12.1 Å². The minimum atomic E-state index is -1.03. The number of carbonyl (C=O) groups is 2. The van der Waals surface area contributed by atoms with Crippen LogP contribution >= 0.6 is 11.6 Å². The maximum atomic E-state index is 12.9. The van der Waals surface area contributed by atoms with Crippen LogP contribution in [0.4, 0.5) is 16.2 Å². The van der Waals surface area contributed by atoms with Crippen LogP contribution in [-0.4, -0.2) is 65.3 Å². The highest BCUT2D eigenvalue weighted by atomic mass is 35.5. The fourth-order valence-electron chi connectivity index (χ4n) is 3.17. The quantitative estimate of drug-likeness (QED) is 0.690. The number of hydrogen-bond donors (Lipinski definition) is 3. The summed E-state index contributed by atoms with van der Waals surface area (Å²) < 4.78 is 0. The molecule has 154 valence electrons. The van der Waals surface area contributed by atoms with E-state index in [2.05, 4.69) is 20.5 Å². The van der Waals surface area contributed by atoms with E-state index in [1.54, 1.807) is 41.6 Å². The Labute approximate surface area is 174 Å². The zero-order valence-electron chi connectivity index (χ0n) is 16.1. The van der Waals surface area contributed by atoms with E-state index in [4.69, 9.17) is 11.6 Å². The number of halogens is 1. The summed E-state index contributed by atoms with van der Waals surface area (Å²) in [6.07, 6.45) is 2.44. The first-order chi connectivity index (χ1) is 13.9. The molecule has 1 aliphatic heterocycles. The Morgan fingerprint density at radius 1 is 1.07 bits per heavy atom. The number of nitrogens with zero attached hydrogens (tertiary/aromatic N) is 3. The molecular weight excluding hydrogens is 394 g/mol. The fourth-order valence-corrected chi connectivity index (χ4v) is 3.29. The van der Waals surface area contributed by atoms with Crippen LogP contribution in [0.15, 0.2) is 48.8 Å². The number of benzene rings is 1. The SMILES string of the molecule is C[C@H](O)[C@H](NC(=O)Nc1ccc(Cl)cc1)C(=O)N1CCN(c2ccncc2)CC1. The van der Waals surface area contributed by atoms with Gasteiger partial charge in [-0.25, -0.2) is 4.79 Å². The zero-order chi connectivity index (χ0) is 20.8. The van der Waals surface area contributed by atoms with Gasteiger partial charge in [0.05, 0.1) is 6.10 Å². The predicted molar refractivity (Wildman–Crippen MR) is 112 cm³/mol. The minimum absolute atomic E-state index is 0.305. The van der Waals surface area contributed by atoms with Crippen molar-refractivity contribution in [2.24, 2.45) is 0 Å². The Balaban J connectivity index is 1.56. The molecule has 3 rings (SSSR count). The van der Waals surface area contributed by atoms with Gasteiger partial charge >= 0.3 is 6.03 Å². The van der Waals surface area contributed by atoms with Crippen LogP contribution in [0.25, 0.3) is 0 Å². The van der Waals surface area contributed by atoms with Gasteiger partial charge in [-0.15, -0.1) is 0 Å². The standard InChI is InChI=1S/C20H24ClN5O3/c1-14(27)18(24-20(29)23-16-4-2-15(21)3-5-16)19(28)26-12-10-25(11-13-26)17-6-8-22-9-7-17/h2-9,14,18,27H,10-13H2,1H3,(H2,23,24,29)/t14-,18-/m0/s1. The van der Waals surface area contributed by atoms with E-state index < -0.39 is 18.2 Å². The van der Waals surface area contributed by atoms with Crippen LogP contribution in [0, 0.1) is 0 Å². The number of rotatable bonds is 5. The van der Waals surface area contributed by atoms with Crippen LogP contribution in [-0.2, 0) is 4.79 Å². The van der Waals surface area contributed by atoms with Gasteiger partial charge in [-0.3, -0.25) is 9.78 Å². The molecule has 3 N–H and O–H groups in total. The number of carbonyl (C=O) groups excluding carboxylic acids is 2. The molecule has 0 spiro atoms. The number of pyridine rings is 1. The van der Waals surface area contributed by atoms with Crippen LogP contribution in [0.3, 0.4) is 0 Å². The number of hydrogen-bond acceptors (Lipinski definition) is 5. The highest BCUT2D eigenvalue weighted by Crippen LogP contribution is 2.16. The van der Waals surface area contributed by atoms with Crippen molar-refractivity contribution in [1.82, 2.24) is 15.2 Å². The van der Waals surface area contributed by atoms with Gasteiger partial charge in [0.1, 0.15) is 6.04 Å². The summed E-state index contributed by atoms with van der Waals surface area (Å²) in [5, 5.41) is 15.8. The molecule has 9 heteroatoms. The second-order valence-corrected chi connectivity index (χ2v) is 7.28. The molecule has 2 atom stereocenters. The lowest BCUT2D eigenvalue weighted by atomic mass is 10.1. The number of aromatic nitrogens is 1. The molecule has 29 heavy (non-hydrogen) atoms. The molecule has 3 amide bonds. The van der Waals surface area contributed by atoms with Gasteiger partial charge in [-0.1, -0.05) is 11.6 Å². The van der Waals surface area contributed by atoms with E-state index in [1.165, 1.54) is 6.92 Å². The summed E-state index contributed by atoms with van der Waals surface area (Å²) in [6.45, 7) is 3.83. The van der Waals surface area contributed by atoms with Crippen molar-refractivity contribution in [2.45, 2.75) is 19.1 Å². The number of nitrogens with one attached hydrogen (secondary N) is 2. The number of piperazine rings is 1. The summed E-state index contributed by atoms with van der Waals surface area (Å²) in [7, 11) is 0. The summed E-state index contributed by atoms with van der Waals surface area (Å²) in [5.41, 5.74) is 1.59. The third-order valence-corrected chi connectivity index (χ3v) is 5.01. The number of aliphatic hydroxyl groups excluding tert-OH is 1. The Kier molecular flexibility index (Phi) is 6.90. The lowest BCUT2D eigenvalue weighted by molar-refractivity contribution is -0.135. The van der Waals surface area contributed by atoms with Crippen molar-refractivity contribution in [2.75, 3.05) is 36.4 Å². The van der Waals surface area contributed by atoms with Gasteiger partial charge in [0.2, 0.25) is 5.91 Å². The molecule has 0 bridgehead atoms. The molecular formula is C20H24ClN5O3. The Morgan fingerprint density at radius 3 is 2.28 bits per heavy atom. The molecule has 1 fully saturated rings. The van der Waals surface area contributed by atoms with Gasteiger partial charge < -0.3 is 25.5 Å². The highest BCUT2D eigenvalue weighted by molar-refractivity contribution is 6.30. The lowest BCUT2D eigenvalue weighted by Crippen LogP contribution is -2.58. The Morgan fingerprint density at radius 2 is 1.69 bits per heavy atom. The molecule has 0 saturated carbocycles. The lowest BCUT2D eigenvalue weighted by Gasteiger charge is -2.38. The number of aliphatic hydroxyl groups is 1. The molecule has 2 heterocycles. The van der Waals surface area contributed by atoms with Gasteiger partial charge in [-0.2, -0.15) is 0 Å². The van der Waals surface area contributed by atoms with Crippen molar-refractivity contribution in [3.63, 3.8) is 0 Å².